The van der Waals surface area contributed by atoms with Gasteiger partial charge in [0.05, 0.1) is 0 Å². The van der Waals surface area contributed by atoms with E-state index in [0.29, 0.717) is 18.2 Å². The summed E-state index contributed by atoms with van der Waals surface area (Å²) < 4.78 is 0. The highest BCUT2D eigenvalue weighted by molar-refractivity contribution is 6.01. The predicted octanol–water partition coefficient (Wildman–Crippen LogP) is 4.44. The van der Waals surface area contributed by atoms with Crippen LogP contribution in [-0.4, -0.2) is 23.8 Å². The van der Waals surface area contributed by atoms with E-state index in [1.807, 2.05) is 36.4 Å². The first-order valence-corrected chi connectivity index (χ1v) is 8.75. The quantitative estimate of drug-likeness (QED) is 0.783. The summed E-state index contributed by atoms with van der Waals surface area (Å²) in [5, 5.41) is 2.86. The zero-order valence-corrected chi connectivity index (χ0v) is 15.8. The summed E-state index contributed by atoms with van der Waals surface area (Å²) >= 11 is 0. The van der Waals surface area contributed by atoms with Crippen molar-refractivity contribution in [1.82, 2.24) is 4.90 Å². The zero-order chi connectivity index (χ0) is 19.1. The second-order valence-corrected chi connectivity index (χ2v) is 6.72. The van der Waals surface area contributed by atoms with E-state index < -0.39 is 0 Å². The first kappa shape index (κ1) is 19.4. The topological polar surface area (TPSA) is 49.4 Å². The number of carbonyl (C=O) groups is 2. The highest BCUT2D eigenvalue weighted by Gasteiger charge is 2.05. The Labute approximate surface area is 155 Å². The maximum absolute atomic E-state index is 12.1. The van der Waals surface area contributed by atoms with Gasteiger partial charge in [-0.15, -0.1) is 0 Å². The SMILES string of the molecule is CC(=O)N(C)Cc1cccc(NC(=O)/C=C/c2ccc(C(C)C)cc2)c1. The van der Waals surface area contributed by atoms with Gasteiger partial charge in [0.15, 0.2) is 0 Å². The Bertz CT molecular complexity index is 792. The third-order valence-corrected chi connectivity index (χ3v) is 4.18. The predicted molar refractivity (Wildman–Crippen MR) is 107 cm³/mol. The van der Waals surface area contributed by atoms with Crippen LogP contribution < -0.4 is 5.32 Å². The summed E-state index contributed by atoms with van der Waals surface area (Å²) in [5.41, 5.74) is 3.94. The Hall–Kier alpha value is -2.88. The van der Waals surface area contributed by atoms with Crippen molar-refractivity contribution in [3.8, 4) is 0 Å². The molecular weight excluding hydrogens is 324 g/mol. The molecule has 0 spiro atoms. The molecule has 0 bridgehead atoms. The molecule has 0 aliphatic carbocycles. The molecule has 0 saturated heterocycles. The van der Waals surface area contributed by atoms with Crippen LogP contribution in [0.25, 0.3) is 6.08 Å². The number of rotatable bonds is 6. The molecule has 0 aliphatic heterocycles. The number of nitrogens with one attached hydrogen (secondary N) is 1. The van der Waals surface area contributed by atoms with E-state index in [-0.39, 0.29) is 11.8 Å². The standard InChI is InChI=1S/C22H26N2O2/c1-16(2)20-11-8-18(9-12-20)10-13-22(26)23-21-7-5-6-19(14-21)15-24(4)17(3)25/h5-14,16H,15H2,1-4H3,(H,23,26)/b13-10+. The lowest BCUT2D eigenvalue weighted by Crippen LogP contribution is -2.23. The van der Waals surface area contributed by atoms with E-state index in [4.69, 9.17) is 0 Å². The van der Waals surface area contributed by atoms with Gasteiger partial charge >= 0.3 is 0 Å². The van der Waals surface area contributed by atoms with E-state index in [2.05, 4.69) is 31.3 Å². The minimum atomic E-state index is -0.185. The molecule has 0 radical (unpaired) electrons. The lowest BCUT2D eigenvalue weighted by atomic mass is 10.0. The Morgan fingerprint density at radius 2 is 1.81 bits per heavy atom. The van der Waals surface area contributed by atoms with Crippen molar-refractivity contribution in [2.45, 2.75) is 33.2 Å². The molecule has 2 aromatic rings. The second-order valence-electron chi connectivity index (χ2n) is 6.72. The summed E-state index contributed by atoms with van der Waals surface area (Å²) in [6.45, 7) is 6.35. The molecule has 136 valence electrons. The largest absolute Gasteiger partial charge is 0.342 e. The number of anilines is 1. The summed E-state index contributed by atoms with van der Waals surface area (Å²) in [6, 6.07) is 15.7. The van der Waals surface area contributed by atoms with Gasteiger partial charge in [-0.3, -0.25) is 9.59 Å². The number of benzene rings is 2. The smallest absolute Gasteiger partial charge is 0.248 e. The number of carbonyl (C=O) groups excluding carboxylic acids is 2. The van der Waals surface area contributed by atoms with E-state index in [1.54, 1.807) is 18.0 Å². The molecule has 0 unspecified atom stereocenters. The van der Waals surface area contributed by atoms with Crippen LogP contribution >= 0.6 is 0 Å². The van der Waals surface area contributed by atoms with Gasteiger partial charge in [-0.25, -0.2) is 0 Å². The molecule has 4 heteroatoms. The Balaban J connectivity index is 1.97. The summed E-state index contributed by atoms with van der Waals surface area (Å²) in [6.07, 6.45) is 3.32. The third-order valence-electron chi connectivity index (χ3n) is 4.18. The van der Waals surface area contributed by atoms with Gasteiger partial charge in [-0.1, -0.05) is 50.2 Å². The van der Waals surface area contributed by atoms with Gasteiger partial charge in [0.1, 0.15) is 0 Å². The third kappa shape index (κ3) is 5.88. The molecule has 26 heavy (non-hydrogen) atoms. The Morgan fingerprint density at radius 1 is 1.12 bits per heavy atom. The molecule has 2 rings (SSSR count). The van der Waals surface area contributed by atoms with Gasteiger partial charge in [0.25, 0.3) is 0 Å². The zero-order valence-electron chi connectivity index (χ0n) is 15.8. The number of hydrogen-bond acceptors (Lipinski definition) is 2. The van der Waals surface area contributed by atoms with Gasteiger partial charge in [0, 0.05) is 32.3 Å². The monoisotopic (exact) mass is 350 g/mol. The first-order chi connectivity index (χ1) is 12.3. The molecular formula is C22H26N2O2. The normalized spacial score (nSPS) is 11.0. The molecule has 4 nitrogen and oxygen atoms in total. The molecule has 1 N–H and O–H groups in total. The molecule has 2 amide bonds. The average Bonchev–Trinajstić information content (AvgIpc) is 2.60. The molecule has 0 aromatic heterocycles. The molecule has 2 aromatic carbocycles. The van der Waals surface area contributed by atoms with E-state index in [9.17, 15) is 9.59 Å². The number of nitrogens with zero attached hydrogens (tertiary/aromatic N) is 1. The minimum absolute atomic E-state index is 0.00542. The van der Waals surface area contributed by atoms with Crippen LogP contribution in [0.2, 0.25) is 0 Å². The van der Waals surface area contributed by atoms with Crippen LogP contribution in [0.5, 0.6) is 0 Å². The van der Waals surface area contributed by atoms with Crippen molar-refractivity contribution in [1.29, 1.82) is 0 Å². The first-order valence-electron chi connectivity index (χ1n) is 8.75. The highest BCUT2D eigenvalue weighted by atomic mass is 16.2. The van der Waals surface area contributed by atoms with Crippen molar-refractivity contribution in [2.24, 2.45) is 0 Å². The van der Waals surface area contributed by atoms with Crippen molar-refractivity contribution in [3.63, 3.8) is 0 Å². The number of amides is 2. The minimum Gasteiger partial charge on any atom is -0.342 e. The summed E-state index contributed by atoms with van der Waals surface area (Å²) in [7, 11) is 1.75. The Kier molecular flexibility index (Phi) is 6.73. The van der Waals surface area contributed by atoms with Crippen molar-refractivity contribution in [3.05, 3.63) is 71.3 Å². The van der Waals surface area contributed by atoms with Crippen LogP contribution in [0.4, 0.5) is 5.69 Å². The van der Waals surface area contributed by atoms with Crippen molar-refractivity contribution >= 4 is 23.6 Å². The van der Waals surface area contributed by atoms with E-state index in [0.717, 1.165) is 11.1 Å². The van der Waals surface area contributed by atoms with Crippen LogP contribution in [0, 0.1) is 0 Å². The summed E-state index contributed by atoms with van der Waals surface area (Å²) in [5.74, 6) is 0.312. The van der Waals surface area contributed by atoms with Crippen LogP contribution in [0.15, 0.2) is 54.6 Å². The fourth-order valence-electron chi connectivity index (χ4n) is 2.48. The van der Waals surface area contributed by atoms with Gasteiger partial charge in [-0.2, -0.15) is 0 Å². The van der Waals surface area contributed by atoms with Crippen LogP contribution in [0.1, 0.15) is 43.4 Å². The maximum Gasteiger partial charge on any atom is 0.248 e. The van der Waals surface area contributed by atoms with E-state index >= 15 is 0 Å². The van der Waals surface area contributed by atoms with Gasteiger partial charge in [-0.05, 0) is 40.8 Å². The van der Waals surface area contributed by atoms with Gasteiger partial charge in [0.2, 0.25) is 11.8 Å². The molecule has 0 atom stereocenters. The fourth-order valence-corrected chi connectivity index (χ4v) is 2.48. The molecule has 0 saturated carbocycles. The van der Waals surface area contributed by atoms with Crippen LogP contribution in [0.3, 0.4) is 0 Å². The highest BCUT2D eigenvalue weighted by Crippen LogP contribution is 2.16. The average molecular weight is 350 g/mol. The lowest BCUT2D eigenvalue weighted by Gasteiger charge is -2.15. The fraction of sp³-hybridized carbons (Fsp3) is 0.273. The molecule has 0 fully saturated rings. The molecule has 0 aliphatic rings. The summed E-state index contributed by atoms with van der Waals surface area (Å²) in [4.78, 5) is 25.1. The van der Waals surface area contributed by atoms with Gasteiger partial charge < -0.3 is 10.2 Å². The lowest BCUT2D eigenvalue weighted by molar-refractivity contribution is -0.128. The Morgan fingerprint density at radius 3 is 2.42 bits per heavy atom. The second kappa shape index (κ2) is 8.99. The molecule has 0 heterocycles. The maximum atomic E-state index is 12.1. The number of hydrogen-bond donors (Lipinski definition) is 1. The van der Waals surface area contributed by atoms with Crippen molar-refractivity contribution < 1.29 is 9.59 Å². The van der Waals surface area contributed by atoms with Crippen LogP contribution in [-0.2, 0) is 16.1 Å². The van der Waals surface area contributed by atoms with E-state index in [1.165, 1.54) is 18.6 Å². The van der Waals surface area contributed by atoms with Crippen molar-refractivity contribution in [2.75, 3.05) is 12.4 Å².